The number of benzene rings is 2. The number of carbonyl (C=O) groups excluding carboxylic acids is 2. The van der Waals surface area contributed by atoms with E-state index >= 15 is 0 Å². The van der Waals surface area contributed by atoms with E-state index in [-0.39, 0.29) is 18.6 Å². The highest BCUT2D eigenvalue weighted by Crippen LogP contribution is 2.28. The van der Waals surface area contributed by atoms with Crippen LogP contribution in [0.3, 0.4) is 0 Å². The molecule has 0 saturated heterocycles. The number of ether oxygens (including phenoxy) is 1. The summed E-state index contributed by atoms with van der Waals surface area (Å²) in [6.45, 7) is 3.75. The minimum absolute atomic E-state index is 0.108. The van der Waals surface area contributed by atoms with Gasteiger partial charge in [-0.15, -0.1) is 0 Å². The Morgan fingerprint density at radius 1 is 1.19 bits per heavy atom. The van der Waals surface area contributed by atoms with Crippen molar-refractivity contribution in [3.8, 4) is 5.75 Å². The number of aryl methyl sites for hydroxylation is 1. The zero-order chi connectivity index (χ0) is 19.4. The highest BCUT2D eigenvalue weighted by molar-refractivity contribution is 6.00. The second-order valence-electron chi connectivity index (χ2n) is 6.99. The van der Waals surface area contributed by atoms with Gasteiger partial charge in [-0.25, -0.2) is 0 Å². The summed E-state index contributed by atoms with van der Waals surface area (Å²) in [6, 6.07) is 13.4. The number of hydrogen-bond acceptors (Lipinski definition) is 4. The van der Waals surface area contributed by atoms with Gasteiger partial charge in [0.2, 0.25) is 0 Å². The normalized spacial score (nSPS) is 14.3. The summed E-state index contributed by atoms with van der Waals surface area (Å²) < 4.78 is 5.25. The molecular formula is C21H25N3O3. The van der Waals surface area contributed by atoms with Crippen LogP contribution in [-0.4, -0.2) is 24.5 Å². The average molecular weight is 367 g/mol. The fourth-order valence-electron chi connectivity index (χ4n) is 2.78. The van der Waals surface area contributed by atoms with Crippen LogP contribution in [0.15, 0.2) is 42.5 Å². The molecule has 6 heteroatoms. The van der Waals surface area contributed by atoms with Gasteiger partial charge in [0.05, 0.1) is 11.6 Å². The molecule has 0 spiro atoms. The van der Waals surface area contributed by atoms with Crippen LogP contribution in [0.1, 0.15) is 47.3 Å². The average Bonchev–Trinajstić information content (AvgIpc) is 3.45. The zero-order valence-corrected chi connectivity index (χ0v) is 15.6. The summed E-state index contributed by atoms with van der Waals surface area (Å²) in [5.41, 5.74) is 8.60. The SMILES string of the molecule is Cc1ccc(NC2CC2)c(C(=O)NC(C)c2ccc(OCC(N)=O)cc2)c1. The maximum atomic E-state index is 12.8. The number of rotatable bonds is 8. The van der Waals surface area contributed by atoms with E-state index < -0.39 is 5.91 Å². The largest absolute Gasteiger partial charge is 0.484 e. The van der Waals surface area contributed by atoms with Crippen LogP contribution < -0.4 is 21.1 Å². The van der Waals surface area contributed by atoms with Gasteiger partial charge in [-0.05, 0) is 56.5 Å². The van der Waals surface area contributed by atoms with Crippen molar-refractivity contribution in [2.45, 2.75) is 38.8 Å². The van der Waals surface area contributed by atoms with Crippen molar-refractivity contribution in [2.24, 2.45) is 5.73 Å². The Bertz CT molecular complexity index is 829. The lowest BCUT2D eigenvalue weighted by Crippen LogP contribution is -2.27. The van der Waals surface area contributed by atoms with Crippen molar-refractivity contribution >= 4 is 17.5 Å². The lowest BCUT2D eigenvalue weighted by molar-refractivity contribution is -0.119. The van der Waals surface area contributed by atoms with Gasteiger partial charge in [-0.2, -0.15) is 0 Å². The number of hydrogen-bond donors (Lipinski definition) is 3. The third-order valence-corrected chi connectivity index (χ3v) is 4.47. The number of anilines is 1. The standard InChI is InChI=1S/C21H25N3O3/c1-13-3-10-19(24-16-6-7-16)18(11-13)21(26)23-14(2)15-4-8-17(9-5-15)27-12-20(22)25/h3-5,8-11,14,16,24H,6-7,12H2,1-2H3,(H2,22,25)(H,23,26). The van der Waals surface area contributed by atoms with Crippen molar-refractivity contribution in [3.05, 3.63) is 59.2 Å². The van der Waals surface area contributed by atoms with Crippen molar-refractivity contribution in [1.29, 1.82) is 0 Å². The second kappa shape index (κ2) is 8.12. The molecule has 1 unspecified atom stereocenters. The molecule has 0 heterocycles. The van der Waals surface area contributed by atoms with Crippen LogP contribution in [0.5, 0.6) is 5.75 Å². The molecule has 1 fully saturated rings. The zero-order valence-electron chi connectivity index (χ0n) is 15.6. The van der Waals surface area contributed by atoms with Crippen molar-refractivity contribution < 1.29 is 14.3 Å². The Morgan fingerprint density at radius 3 is 2.52 bits per heavy atom. The number of nitrogens with one attached hydrogen (secondary N) is 2. The van der Waals surface area contributed by atoms with Gasteiger partial charge in [0.15, 0.2) is 6.61 Å². The minimum Gasteiger partial charge on any atom is -0.484 e. The summed E-state index contributed by atoms with van der Waals surface area (Å²) >= 11 is 0. The van der Waals surface area contributed by atoms with Crippen molar-refractivity contribution in [2.75, 3.05) is 11.9 Å². The van der Waals surface area contributed by atoms with E-state index in [1.54, 1.807) is 12.1 Å². The Balaban J connectivity index is 1.66. The lowest BCUT2D eigenvalue weighted by atomic mass is 10.1. The summed E-state index contributed by atoms with van der Waals surface area (Å²) in [4.78, 5) is 23.6. The van der Waals surface area contributed by atoms with Crippen molar-refractivity contribution in [1.82, 2.24) is 5.32 Å². The fraction of sp³-hybridized carbons (Fsp3) is 0.333. The molecule has 6 nitrogen and oxygen atoms in total. The monoisotopic (exact) mass is 367 g/mol. The first-order valence-electron chi connectivity index (χ1n) is 9.11. The van der Waals surface area contributed by atoms with Gasteiger partial charge in [-0.3, -0.25) is 9.59 Å². The Hall–Kier alpha value is -3.02. The second-order valence-corrected chi connectivity index (χ2v) is 6.99. The van der Waals surface area contributed by atoms with Crippen LogP contribution in [0, 0.1) is 6.92 Å². The highest BCUT2D eigenvalue weighted by atomic mass is 16.5. The predicted octanol–water partition coefficient (Wildman–Crippen LogP) is 2.92. The molecule has 1 aliphatic rings. The summed E-state index contributed by atoms with van der Waals surface area (Å²) in [5.74, 6) is -0.0671. The topological polar surface area (TPSA) is 93.4 Å². The molecule has 0 radical (unpaired) electrons. The molecule has 1 aliphatic carbocycles. The predicted molar refractivity (Wildman–Crippen MR) is 105 cm³/mol. The van der Waals surface area contributed by atoms with Gasteiger partial charge >= 0.3 is 0 Å². The lowest BCUT2D eigenvalue weighted by Gasteiger charge is -2.17. The van der Waals surface area contributed by atoms with Crippen LogP contribution in [0.2, 0.25) is 0 Å². The molecule has 2 aromatic rings. The Kier molecular flexibility index (Phi) is 5.64. The van der Waals surface area contributed by atoms with Crippen molar-refractivity contribution in [3.63, 3.8) is 0 Å². The summed E-state index contributed by atoms with van der Waals surface area (Å²) in [6.07, 6.45) is 2.30. The molecule has 1 atom stereocenters. The Morgan fingerprint density at radius 2 is 1.89 bits per heavy atom. The highest BCUT2D eigenvalue weighted by Gasteiger charge is 2.23. The van der Waals surface area contributed by atoms with Gasteiger partial charge < -0.3 is 21.1 Å². The van der Waals surface area contributed by atoms with Gasteiger partial charge in [0.25, 0.3) is 11.8 Å². The van der Waals surface area contributed by atoms with E-state index in [0.717, 1.165) is 29.7 Å². The van der Waals surface area contributed by atoms with Crippen LogP contribution in [0.4, 0.5) is 5.69 Å². The number of amides is 2. The van der Waals surface area contributed by atoms with E-state index in [9.17, 15) is 9.59 Å². The van der Waals surface area contributed by atoms with E-state index in [0.29, 0.717) is 17.4 Å². The maximum Gasteiger partial charge on any atom is 0.255 e. The maximum absolute atomic E-state index is 12.8. The molecule has 0 aliphatic heterocycles. The van der Waals surface area contributed by atoms with Gasteiger partial charge in [0, 0.05) is 11.7 Å². The van der Waals surface area contributed by atoms with Crippen LogP contribution >= 0.6 is 0 Å². The molecule has 142 valence electrons. The molecule has 4 N–H and O–H groups in total. The number of carbonyl (C=O) groups is 2. The fourth-order valence-corrected chi connectivity index (χ4v) is 2.78. The molecule has 0 aromatic heterocycles. The van der Waals surface area contributed by atoms with E-state index in [1.165, 1.54) is 0 Å². The molecule has 2 amide bonds. The minimum atomic E-state index is -0.520. The van der Waals surface area contributed by atoms with Gasteiger partial charge in [-0.1, -0.05) is 23.8 Å². The van der Waals surface area contributed by atoms with Gasteiger partial charge in [0.1, 0.15) is 5.75 Å². The Labute approximate surface area is 159 Å². The molecule has 2 aromatic carbocycles. The third kappa shape index (κ3) is 5.23. The molecule has 1 saturated carbocycles. The molecule has 0 bridgehead atoms. The molecule has 3 rings (SSSR count). The van der Waals surface area contributed by atoms with E-state index in [1.807, 2.05) is 44.2 Å². The summed E-state index contributed by atoms with van der Waals surface area (Å²) in [5, 5.41) is 6.47. The van der Waals surface area contributed by atoms with E-state index in [2.05, 4.69) is 10.6 Å². The first-order chi connectivity index (χ1) is 12.9. The van der Waals surface area contributed by atoms with Crippen LogP contribution in [0.25, 0.3) is 0 Å². The van der Waals surface area contributed by atoms with Crippen LogP contribution in [-0.2, 0) is 4.79 Å². The third-order valence-electron chi connectivity index (χ3n) is 4.47. The summed E-state index contributed by atoms with van der Waals surface area (Å²) in [7, 11) is 0. The number of primary amides is 1. The smallest absolute Gasteiger partial charge is 0.255 e. The first kappa shape index (κ1) is 18.8. The first-order valence-corrected chi connectivity index (χ1v) is 9.11. The molecule has 27 heavy (non-hydrogen) atoms. The molecular weight excluding hydrogens is 342 g/mol. The quantitative estimate of drug-likeness (QED) is 0.669. The van der Waals surface area contributed by atoms with E-state index in [4.69, 9.17) is 10.5 Å². The number of nitrogens with two attached hydrogens (primary N) is 1.